The number of nitro benzene ring substituents is 1. The third kappa shape index (κ3) is 3.84. The number of rotatable bonds is 7. The summed E-state index contributed by atoms with van der Waals surface area (Å²) in [6.07, 6.45) is 0.749. The molecular formula is C13H18N2O5. The number of likely N-dealkylation sites (N-methyl/N-ethyl adjacent to an activating group) is 1. The number of nitro groups is 1. The minimum absolute atomic E-state index is 0.0748. The quantitative estimate of drug-likeness (QED) is 0.432. The maximum Gasteiger partial charge on any atom is 0.333 e. The maximum atomic E-state index is 11.3. The Morgan fingerprint density at radius 1 is 1.45 bits per heavy atom. The average Bonchev–Trinajstić information content (AvgIpc) is 2.44. The molecule has 0 unspecified atom stereocenters. The molecule has 0 aliphatic carbocycles. The van der Waals surface area contributed by atoms with E-state index in [1.165, 1.54) is 12.0 Å². The Morgan fingerprint density at radius 2 is 2.15 bits per heavy atom. The number of para-hydroxylation sites is 1. The van der Waals surface area contributed by atoms with Crippen molar-refractivity contribution >= 4 is 17.3 Å². The number of hydrogen-bond donors (Lipinski definition) is 0. The minimum atomic E-state index is -0.506. The Labute approximate surface area is 117 Å². The van der Waals surface area contributed by atoms with Gasteiger partial charge in [0.05, 0.1) is 18.6 Å². The van der Waals surface area contributed by atoms with Gasteiger partial charge in [-0.05, 0) is 18.6 Å². The van der Waals surface area contributed by atoms with Crippen LogP contribution in [0.1, 0.15) is 13.3 Å². The van der Waals surface area contributed by atoms with E-state index < -0.39 is 10.9 Å². The standard InChI is InChI=1S/C13H18N2O5/c1-4-8-20-11-7-5-6-10(13(11)15(17)18)14(2)9-12(16)19-3/h5-7H,4,8-9H2,1-3H3. The number of carbonyl (C=O) groups excluding carboxylic acids is 1. The van der Waals surface area contributed by atoms with Gasteiger partial charge in [-0.3, -0.25) is 14.9 Å². The van der Waals surface area contributed by atoms with E-state index in [0.717, 1.165) is 6.42 Å². The Kier molecular flexibility index (Phi) is 5.76. The Hall–Kier alpha value is -2.31. The summed E-state index contributed by atoms with van der Waals surface area (Å²) in [5, 5.41) is 11.2. The lowest BCUT2D eigenvalue weighted by Crippen LogP contribution is -2.27. The van der Waals surface area contributed by atoms with Gasteiger partial charge in [0.1, 0.15) is 12.2 Å². The molecule has 1 aromatic carbocycles. The van der Waals surface area contributed by atoms with Crippen LogP contribution < -0.4 is 9.64 Å². The molecule has 0 saturated carbocycles. The number of methoxy groups -OCH3 is 1. The second kappa shape index (κ2) is 7.32. The number of ether oxygens (including phenoxy) is 2. The molecule has 0 aliphatic heterocycles. The molecule has 0 aromatic heterocycles. The minimum Gasteiger partial charge on any atom is -0.487 e. The first-order chi connectivity index (χ1) is 9.51. The van der Waals surface area contributed by atoms with Crippen LogP contribution in [0.15, 0.2) is 18.2 Å². The van der Waals surface area contributed by atoms with E-state index in [4.69, 9.17) is 4.74 Å². The number of anilines is 1. The van der Waals surface area contributed by atoms with E-state index in [-0.39, 0.29) is 18.0 Å². The van der Waals surface area contributed by atoms with Gasteiger partial charge in [-0.1, -0.05) is 13.0 Å². The first-order valence-electron chi connectivity index (χ1n) is 6.19. The zero-order valence-corrected chi connectivity index (χ0v) is 11.8. The molecule has 7 nitrogen and oxygen atoms in total. The largest absolute Gasteiger partial charge is 0.487 e. The van der Waals surface area contributed by atoms with Crippen molar-refractivity contribution < 1.29 is 19.2 Å². The van der Waals surface area contributed by atoms with E-state index in [9.17, 15) is 14.9 Å². The molecule has 0 N–H and O–H groups in total. The third-order valence-corrected chi connectivity index (χ3v) is 2.63. The Bertz CT molecular complexity index is 490. The van der Waals surface area contributed by atoms with E-state index >= 15 is 0 Å². The second-order valence-corrected chi connectivity index (χ2v) is 4.16. The van der Waals surface area contributed by atoms with Gasteiger partial charge in [-0.25, -0.2) is 0 Å². The Morgan fingerprint density at radius 3 is 2.70 bits per heavy atom. The van der Waals surface area contributed by atoms with Crippen LogP contribution in [0.5, 0.6) is 5.75 Å². The van der Waals surface area contributed by atoms with Gasteiger partial charge in [0, 0.05) is 7.05 Å². The number of nitrogens with zero attached hydrogens (tertiary/aromatic N) is 2. The zero-order chi connectivity index (χ0) is 15.1. The summed E-state index contributed by atoms with van der Waals surface area (Å²) in [6.45, 7) is 2.23. The number of carbonyl (C=O) groups is 1. The highest BCUT2D eigenvalue weighted by Gasteiger charge is 2.24. The van der Waals surface area contributed by atoms with E-state index in [1.54, 1.807) is 25.2 Å². The van der Waals surface area contributed by atoms with Crippen molar-refractivity contribution in [2.75, 3.05) is 32.2 Å². The maximum absolute atomic E-state index is 11.3. The van der Waals surface area contributed by atoms with Gasteiger partial charge < -0.3 is 14.4 Å². The molecule has 20 heavy (non-hydrogen) atoms. The van der Waals surface area contributed by atoms with Crippen molar-refractivity contribution in [1.29, 1.82) is 0 Å². The molecule has 0 saturated heterocycles. The zero-order valence-electron chi connectivity index (χ0n) is 11.8. The molecule has 0 fully saturated rings. The van der Waals surface area contributed by atoms with Gasteiger partial charge in [-0.15, -0.1) is 0 Å². The lowest BCUT2D eigenvalue weighted by molar-refractivity contribution is -0.385. The number of hydrogen-bond acceptors (Lipinski definition) is 6. The molecule has 7 heteroatoms. The van der Waals surface area contributed by atoms with Gasteiger partial charge in [-0.2, -0.15) is 0 Å². The summed E-state index contributed by atoms with van der Waals surface area (Å²) >= 11 is 0. The van der Waals surface area contributed by atoms with Crippen molar-refractivity contribution in [3.05, 3.63) is 28.3 Å². The Balaban J connectivity index is 3.11. The molecule has 0 radical (unpaired) electrons. The van der Waals surface area contributed by atoms with Gasteiger partial charge in [0.2, 0.25) is 0 Å². The van der Waals surface area contributed by atoms with Crippen LogP contribution in [-0.2, 0) is 9.53 Å². The van der Waals surface area contributed by atoms with Gasteiger partial charge in [0.25, 0.3) is 0 Å². The van der Waals surface area contributed by atoms with Crippen LogP contribution in [0, 0.1) is 10.1 Å². The van der Waals surface area contributed by atoms with Crippen molar-refractivity contribution in [2.24, 2.45) is 0 Å². The summed E-state index contributed by atoms with van der Waals surface area (Å²) in [5.74, 6) is -0.271. The fourth-order valence-electron chi connectivity index (χ4n) is 1.67. The average molecular weight is 282 g/mol. The molecule has 110 valence electrons. The second-order valence-electron chi connectivity index (χ2n) is 4.16. The van der Waals surface area contributed by atoms with Crippen LogP contribution in [0.3, 0.4) is 0 Å². The summed E-state index contributed by atoms with van der Waals surface area (Å²) in [6, 6.07) is 4.77. The molecule has 0 spiro atoms. The smallest absolute Gasteiger partial charge is 0.333 e. The lowest BCUT2D eigenvalue weighted by Gasteiger charge is -2.18. The molecular weight excluding hydrogens is 264 g/mol. The van der Waals surface area contributed by atoms with Gasteiger partial charge >= 0.3 is 11.7 Å². The number of benzene rings is 1. The van der Waals surface area contributed by atoms with Crippen LogP contribution in [0.25, 0.3) is 0 Å². The predicted molar refractivity (Wildman–Crippen MR) is 74.2 cm³/mol. The summed E-state index contributed by atoms with van der Waals surface area (Å²) in [4.78, 5) is 23.5. The fraction of sp³-hybridized carbons (Fsp3) is 0.462. The molecule has 0 amide bonds. The highest BCUT2D eigenvalue weighted by molar-refractivity contribution is 5.78. The van der Waals surface area contributed by atoms with Crippen LogP contribution >= 0.6 is 0 Å². The summed E-state index contributed by atoms with van der Waals surface area (Å²) < 4.78 is 9.94. The molecule has 0 bridgehead atoms. The molecule has 0 atom stereocenters. The van der Waals surface area contributed by atoms with Gasteiger partial charge in [0.15, 0.2) is 5.75 Å². The van der Waals surface area contributed by atoms with E-state index in [2.05, 4.69) is 4.74 Å². The van der Waals surface area contributed by atoms with Crippen LogP contribution in [0.4, 0.5) is 11.4 Å². The van der Waals surface area contributed by atoms with E-state index in [0.29, 0.717) is 12.3 Å². The van der Waals surface area contributed by atoms with E-state index in [1.807, 2.05) is 6.92 Å². The highest BCUT2D eigenvalue weighted by Crippen LogP contribution is 2.36. The van der Waals surface area contributed by atoms with Crippen molar-refractivity contribution in [3.8, 4) is 5.75 Å². The molecule has 0 heterocycles. The SMILES string of the molecule is CCCOc1cccc(N(C)CC(=O)OC)c1[N+](=O)[O-]. The topological polar surface area (TPSA) is 81.9 Å². The first-order valence-corrected chi connectivity index (χ1v) is 6.19. The van der Waals surface area contributed by atoms with Crippen LogP contribution in [0.2, 0.25) is 0 Å². The van der Waals surface area contributed by atoms with Crippen molar-refractivity contribution in [2.45, 2.75) is 13.3 Å². The van der Waals surface area contributed by atoms with Crippen LogP contribution in [-0.4, -0.2) is 38.2 Å². The molecule has 1 aromatic rings. The monoisotopic (exact) mass is 282 g/mol. The van der Waals surface area contributed by atoms with Crippen molar-refractivity contribution in [3.63, 3.8) is 0 Å². The molecule has 0 aliphatic rings. The predicted octanol–water partition coefficient (Wildman–Crippen LogP) is 1.99. The number of esters is 1. The third-order valence-electron chi connectivity index (χ3n) is 2.63. The van der Waals surface area contributed by atoms with Crippen molar-refractivity contribution in [1.82, 2.24) is 0 Å². The normalized spacial score (nSPS) is 9.95. The highest BCUT2D eigenvalue weighted by atomic mass is 16.6. The first kappa shape index (κ1) is 15.7. The fourth-order valence-corrected chi connectivity index (χ4v) is 1.67. The molecule has 1 rings (SSSR count). The lowest BCUT2D eigenvalue weighted by atomic mass is 10.2. The summed E-state index contributed by atoms with van der Waals surface area (Å²) in [7, 11) is 2.86. The summed E-state index contributed by atoms with van der Waals surface area (Å²) in [5.41, 5.74) is 0.168.